The Kier molecular flexibility index (Phi) is 80.4. The van der Waals surface area contributed by atoms with Crippen LogP contribution < -0.4 is 0 Å². The Labute approximate surface area is 159 Å². The fourth-order valence-electron chi connectivity index (χ4n) is 1.48. The fraction of sp³-hybridized carbons (Fsp3) is 0.917. The molecular formula is C24H58. The highest BCUT2D eigenvalue weighted by Gasteiger charge is 1.95. The summed E-state index contributed by atoms with van der Waals surface area (Å²) in [6.45, 7) is 31.9. The van der Waals surface area contributed by atoms with Gasteiger partial charge in [-0.05, 0) is 37.0 Å². The molecule has 0 radical (unpaired) electrons. The molecule has 0 unspecified atom stereocenters. The van der Waals surface area contributed by atoms with Gasteiger partial charge in [-0.1, -0.05) is 122 Å². The Morgan fingerprint density at radius 3 is 0.958 bits per heavy atom. The topological polar surface area (TPSA) is 0 Å². The molecule has 0 aliphatic rings. The second-order valence-electron chi connectivity index (χ2n) is 6.24. The van der Waals surface area contributed by atoms with E-state index in [-0.39, 0.29) is 0 Å². The van der Waals surface area contributed by atoms with Crippen LogP contribution in [0.5, 0.6) is 0 Å². The molecule has 154 valence electrons. The lowest BCUT2D eigenvalue weighted by molar-refractivity contribution is 0.469. The summed E-state index contributed by atoms with van der Waals surface area (Å²) < 4.78 is 0. The molecule has 0 saturated heterocycles. The minimum atomic E-state index is 0.817. The van der Waals surface area contributed by atoms with E-state index < -0.39 is 0 Å². The van der Waals surface area contributed by atoms with Crippen molar-refractivity contribution in [2.45, 2.75) is 130 Å². The monoisotopic (exact) mass is 346 g/mol. The lowest BCUT2D eigenvalue weighted by atomic mass is 10.0. The maximum Gasteiger partial charge on any atom is -0.0327 e. The van der Waals surface area contributed by atoms with E-state index in [0.717, 1.165) is 17.8 Å². The van der Waals surface area contributed by atoms with E-state index in [0.29, 0.717) is 0 Å². The lowest BCUT2D eigenvalue weighted by Gasteiger charge is -2.05. The average Bonchev–Trinajstić information content (AvgIpc) is 2.53. The zero-order chi connectivity index (χ0) is 21.0. The van der Waals surface area contributed by atoms with Crippen molar-refractivity contribution >= 4 is 0 Å². The van der Waals surface area contributed by atoms with Crippen LogP contribution in [0.4, 0.5) is 0 Å². The Hall–Kier alpha value is -0.260. The van der Waals surface area contributed by atoms with Crippen molar-refractivity contribution in [1.82, 2.24) is 0 Å². The van der Waals surface area contributed by atoms with Crippen molar-refractivity contribution in [1.29, 1.82) is 0 Å². The molecule has 0 aromatic rings. The molecule has 0 aromatic heterocycles. The molecule has 0 heterocycles. The predicted molar refractivity (Wildman–Crippen MR) is 123 cm³/mol. The summed E-state index contributed by atoms with van der Waals surface area (Å²) in [7, 11) is 0. The largest absolute Gasteiger partial charge is 0.0888 e. The highest BCUT2D eigenvalue weighted by molar-refractivity contribution is 4.80. The van der Waals surface area contributed by atoms with E-state index in [1.165, 1.54) is 25.7 Å². The molecule has 0 saturated carbocycles. The van der Waals surface area contributed by atoms with Crippen molar-refractivity contribution < 1.29 is 0 Å². The summed E-state index contributed by atoms with van der Waals surface area (Å²) in [5.74, 6) is 2.57. The smallest absolute Gasteiger partial charge is 0.0327 e. The number of rotatable bonds is 5. The maximum atomic E-state index is 2.26. The van der Waals surface area contributed by atoms with Crippen LogP contribution in [-0.4, -0.2) is 0 Å². The van der Waals surface area contributed by atoms with Gasteiger partial charge < -0.3 is 0 Å². The summed E-state index contributed by atoms with van der Waals surface area (Å²) >= 11 is 0. The molecule has 0 amide bonds. The highest BCUT2D eigenvalue weighted by Crippen LogP contribution is 2.08. The predicted octanol–water partition coefficient (Wildman–Crippen LogP) is 10.2. The SMILES string of the molecule is CC.CC.CC.CC(C)CC(C)C.CCC.CCC=CCC(C)C. The third-order valence-electron chi connectivity index (χ3n) is 1.95. The van der Waals surface area contributed by atoms with Gasteiger partial charge in [0.2, 0.25) is 0 Å². The second-order valence-corrected chi connectivity index (χ2v) is 6.24. The molecule has 0 fully saturated rings. The third kappa shape index (κ3) is 122. The first-order valence-corrected chi connectivity index (χ1v) is 11.0. The van der Waals surface area contributed by atoms with Crippen LogP contribution in [0.1, 0.15) is 130 Å². The van der Waals surface area contributed by atoms with Gasteiger partial charge >= 0.3 is 0 Å². The van der Waals surface area contributed by atoms with Gasteiger partial charge in [0.25, 0.3) is 0 Å². The van der Waals surface area contributed by atoms with Gasteiger partial charge in [0, 0.05) is 0 Å². The molecule has 0 spiro atoms. The van der Waals surface area contributed by atoms with Crippen LogP contribution in [0.15, 0.2) is 12.2 Å². The minimum absolute atomic E-state index is 0.817. The molecule has 0 heteroatoms. The Bertz CT molecular complexity index is 134. The second kappa shape index (κ2) is 49.5. The van der Waals surface area contributed by atoms with Gasteiger partial charge in [-0.25, -0.2) is 0 Å². The number of hydrogen-bond donors (Lipinski definition) is 0. The molecule has 0 nitrogen and oxygen atoms in total. The molecule has 0 aliphatic heterocycles. The Morgan fingerprint density at radius 1 is 0.542 bits per heavy atom. The summed E-state index contributed by atoms with van der Waals surface area (Å²) in [4.78, 5) is 0. The summed E-state index contributed by atoms with van der Waals surface area (Å²) in [5.41, 5.74) is 0. The van der Waals surface area contributed by atoms with E-state index in [9.17, 15) is 0 Å². The molecule has 0 rings (SSSR count). The number of hydrogen-bond acceptors (Lipinski definition) is 0. The van der Waals surface area contributed by atoms with E-state index in [1.54, 1.807) is 0 Å². The molecule has 0 aliphatic carbocycles. The molecule has 0 atom stereocenters. The van der Waals surface area contributed by atoms with Crippen molar-refractivity contribution in [3.8, 4) is 0 Å². The normalized spacial score (nSPS) is 8.58. The minimum Gasteiger partial charge on any atom is -0.0888 e. The maximum absolute atomic E-state index is 2.26. The van der Waals surface area contributed by atoms with E-state index in [1.807, 2.05) is 41.5 Å². The fourth-order valence-corrected chi connectivity index (χ4v) is 1.48. The molecule has 0 aromatic carbocycles. The van der Waals surface area contributed by atoms with Gasteiger partial charge in [-0.3, -0.25) is 0 Å². The first kappa shape index (κ1) is 39.0. The summed E-state index contributed by atoms with van der Waals surface area (Å²) in [6, 6.07) is 0. The molecule has 0 N–H and O–H groups in total. The van der Waals surface area contributed by atoms with Gasteiger partial charge in [-0.15, -0.1) is 0 Å². The van der Waals surface area contributed by atoms with Crippen LogP contribution >= 0.6 is 0 Å². The van der Waals surface area contributed by atoms with E-state index in [4.69, 9.17) is 0 Å². The summed E-state index contributed by atoms with van der Waals surface area (Å²) in [6.07, 6.45) is 9.49. The van der Waals surface area contributed by atoms with Gasteiger partial charge in [0.05, 0.1) is 0 Å². The van der Waals surface area contributed by atoms with Crippen LogP contribution in [-0.2, 0) is 0 Å². The molecule has 0 bridgehead atoms. The van der Waals surface area contributed by atoms with Gasteiger partial charge in [0.1, 0.15) is 0 Å². The van der Waals surface area contributed by atoms with Crippen LogP contribution in [0.2, 0.25) is 0 Å². The average molecular weight is 347 g/mol. The quantitative estimate of drug-likeness (QED) is 0.434. The first-order valence-electron chi connectivity index (χ1n) is 11.0. The highest BCUT2D eigenvalue weighted by atomic mass is 14.0. The van der Waals surface area contributed by atoms with Crippen LogP contribution in [0.3, 0.4) is 0 Å². The van der Waals surface area contributed by atoms with Gasteiger partial charge in [0.15, 0.2) is 0 Å². The first-order chi connectivity index (χ1) is 11.3. The number of allylic oxidation sites excluding steroid dienone is 2. The van der Waals surface area contributed by atoms with Crippen LogP contribution in [0, 0.1) is 17.8 Å². The lowest BCUT2D eigenvalue weighted by Crippen LogP contribution is -1.93. The van der Waals surface area contributed by atoms with E-state index in [2.05, 4.69) is 74.5 Å². The Balaban J connectivity index is -0.0000000460. The van der Waals surface area contributed by atoms with E-state index >= 15 is 0 Å². The zero-order valence-corrected chi connectivity index (χ0v) is 20.7. The molecule has 24 heavy (non-hydrogen) atoms. The third-order valence-corrected chi connectivity index (χ3v) is 1.95. The standard InChI is InChI=1S/C8H16.C7H16.C3H8.3C2H6/c1-4-5-6-7-8(2)3;1-6(2)5-7(3)4;1-3-2;3*1-2/h5-6,8H,4,7H2,1-3H3;6-7H,5H2,1-4H3;3H2,1-2H3;3*1-2H3. The summed E-state index contributed by atoms with van der Waals surface area (Å²) in [5, 5.41) is 0. The van der Waals surface area contributed by atoms with Crippen LogP contribution in [0.25, 0.3) is 0 Å². The van der Waals surface area contributed by atoms with Gasteiger partial charge in [-0.2, -0.15) is 0 Å². The van der Waals surface area contributed by atoms with Crippen molar-refractivity contribution in [2.24, 2.45) is 17.8 Å². The van der Waals surface area contributed by atoms with Crippen molar-refractivity contribution in [3.05, 3.63) is 12.2 Å². The zero-order valence-electron chi connectivity index (χ0n) is 20.7. The Morgan fingerprint density at radius 2 is 0.833 bits per heavy atom. The van der Waals surface area contributed by atoms with Crippen molar-refractivity contribution in [3.63, 3.8) is 0 Å². The molecular weight excluding hydrogens is 288 g/mol. The van der Waals surface area contributed by atoms with Crippen molar-refractivity contribution in [2.75, 3.05) is 0 Å².